The molecule has 1 aromatic heterocycles. The lowest BCUT2D eigenvalue weighted by atomic mass is 10.1. The number of hydrogen-bond donors (Lipinski definition) is 2. The maximum Gasteiger partial charge on any atom is 0.228 e. The summed E-state index contributed by atoms with van der Waals surface area (Å²) < 4.78 is 26.5. The number of carbonyl (C=O) groups is 1. The number of rotatable bonds is 3. The summed E-state index contributed by atoms with van der Waals surface area (Å²) in [5, 5.41) is 3.43. The first-order valence-electron chi connectivity index (χ1n) is 6.43. The monoisotopic (exact) mass is 286 g/mol. The van der Waals surface area contributed by atoms with Crippen LogP contribution in [0.2, 0.25) is 0 Å². The molecule has 106 valence electrons. The van der Waals surface area contributed by atoms with Gasteiger partial charge in [0, 0.05) is 17.8 Å². The van der Waals surface area contributed by atoms with Crippen molar-refractivity contribution in [2.24, 2.45) is 0 Å². The molecular weight excluding hydrogens is 274 g/mol. The Morgan fingerprint density at radius 2 is 1.95 bits per heavy atom. The van der Waals surface area contributed by atoms with Crippen LogP contribution in [-0.4, -0.2) is 10.9 Å². The first-order valence-corrected chi connectivity index (χ1v) is 6.43. The van der Waals surface area contributed by atoms with Crippen molar-refractivity contribution < 1.29 is 13.6 Å². The molecule has 0 spiro atoms. The molecule has 2 aromatic carbocycles. The number of hydrogen-bond acceptors (Lipinski definition) is 1. The van der Waals surface area contributed by atoms with E-state index in [1.54, 1.807) is 0 Å². The maximum atomic E-state index is 13.4. The number of H-pyrrole nitrogens is 1. The summed E-state index contributed by atoms with van der Waals surface area (Å²) in [6, 6.07) is 10.5. The Morgan fingerprint density at radius 3 is 2.81 bits per heavy atom. The summed E-state index contributed by atoms with van der Waals surface area (Å²) in [5.74, 6) is -1.66. The van der Waals surface area contributed by atoms with E-state index in [1.165, 1.54) is 0 Å². The Kier molecular flexibility index (Phi) is 3.39. The van der Waals surface area contributed by atoms with Crippen LogP contribution in [0.5, 0.6) is 0 Å². The predicted molar refractivity (Wildman–Crippen MR) is 77.0 cm³/mol. The minimum atomic E-state index is -0.662. The van der Waals surface area contributed by atoms with Gasteiger partial charge < -0.3 is 10.3 Å². The van der Waals surface area contributed by atoms with Gasteiger partial charge in [-0.25, -0.2) is 8.78 Å². The summed E-state index contributed by atoms with van der Waals surface area (Å²) in [7, 11) is 0. The number of anilines is 1. The summed E-state index contributed by atoms with van der Waals surface area (Å²) >= 11 is 0. The average Bonchev–Trinajstić information content (AvgIpc) is 2.90. The van der Waals surface area contributed by atoms with Crippen LogP contribution in [0.3, 0.4) is 0 Å². The topological polar surface area (TPSA) is 44.9 Å². The van der Waals surface area contributed by atoms with Gasteiger partial charge in [-0.05, 0) is 35.2 Å². The van der Waals surface area contributed by atoms with Crippen molar-refractivity contribution in [3.63, 3.8) is 0 Å². The van der Waals surface area contributed by atoms with Crippen molar-refractivity contribution in [3.8, 4) is 0 Å². The number of fused-ring (bicyclic) bond motifs is 1. The number of amides is 1. The SMILES string of the molecule is O=C(Cc1ccc2cc[nH]c2c1)Nc1cc(F)ccc1F. The fourth-order valence-electron chi connectivity index (χ4n) is 2.18. The molecule has 0 aliphatic rings. The van der Waals surface area contributed by atoms with Crippen LogP contribution in [0.25, 0.3) is 10.9 Å². The molecule has 0 bridgehead atoms. The fourth-order valence-corrected chi connectivity index (χ4v) is 2.18. The molecule has 0 saturated heterocycles. The molecule has 0 fully saturated rings. The quantitative estimate of drug-likeness (QED) is 0.758. The predicted octanol–water partition coefficient (Wildman–Crippen LogP) is 3.63. The number of benzene rings is 2. The smallest absolute Gasteiger partial charge is 0.228 e. The van der Waals surface area contributed by atoms with Crippen LogP contribution in [0.1, 0.15) is 5.56 Å². The molecule has 2 N–H and O–H groups in total. The molecule has 3 rings (SSSR count). The summed E-state index contributed by atoms with van der Waals surface area (Å²) in [6.07, 6.45) is 1.90. The van der Waals surface area contributed by atoms with Gasteiger partial charge in [-0.3, -0.25) is 4.79 Å². The highest BCUT2D eigenvalue weighted by molar-refractivity contribution is 5.93. The van der Waals surface area contributed by atoms with Crippen molar-refractivity contribution in [3.05, 3.63) is 65.9 Å². The third-order valence-corrected chi connectivity index (χ3v) is 3.19. The number of aromatic amines is 1. The zero-order valence-corrected chi connectivity index (χ0v) is 11.0. The molecule has 3 aromatic rings. The highest BCUT2D eigenvalue weighted by Gasteiger charge is 2.09. The lowest BCUT2D eigenvalue weighted by Crippen LogP contribution is -2.15. The third kappa shape index (κ3) is 2.91. The highest BCUT2D eigenvalue weighted by atomic mass is 19.1. The number of halogens is 2. The number of carbonyl (C=O) groups excluding carboxylic acids is 1. The van der Waals surface area contributed by atoms with Gasteiger partial charge in [0.2, 0.25) is 5.91 Å². The fraction of sp³-hybridized carbons (Fsp3) is 0.0625. The normalized spacial score (nSPS) is 10.8. The maximum absolute atomic E-state index is 13.4. The van der Waals surface area contributed by atoms with Crippen molar-refractivity contribution in [2.45, 2.75) is 6.42 Å². The number of nitrogens with one attached hydrogen (secondary N) is 2. The van der Waals surface area contributed by atoms with E-state index in [2.05, 4.69) is 10.3 Å². The summed E-state index contributed by atoms with van der Waals surface area (Å²) in [6.45, 7) is 0. The molecule has 0 aliphatic heterocycles. The van der Waals surface area contributed by atoms with E-state index in [1.807, 2.05) is 30.5 Å². The molecule has 0 atom stereocenters. The molecule has 3 nitrogen and oxygen atoms in total. The molecule has 0 radical (unpaired) electrons. The highest BCUT2D eigenvalue weighted by Crippen LogP contribution is 2.17. The second-order valence-corrected chi connectivity index (χ2v) is 4.75. The van der Waals surface area contributed by atoms with E-state index in [0.29, 0.717) is 0 Å². The van der Waals surface area contributed by atoms with Gasteiger partial charge in [0.1, 0.15) is 11.6 Å². The van der Waals surface area contributed by atoms with Crippen molar-refractivity contribution in [2.75, 3.05) is 5.32 Å². The van der Waals surface area contributed by atoms with E-state index in [0.717, 1.165) is 34.7 Å². The van der Waals surface area contributed by atoms with Gasteiger partial charge in [0.25, 0.3) is 0 Å². The van der Waals surface area contributed by atoms with Gasteiger partial charge in [0.15, 0.2) is 0 Å². The van der Waals surface area contributed by atoms with Crippen LogP contribution in [0.15, 0.2) is 48.7 Å². The Bertz CT molecular complexity index is 811. The second-order valence-electron chi connectivity index (χ2n) is 4.75. The summed E-state index contributed by atoms with van der Waals surface area (Å²) in [4.78, 5) is 15.0. The zero-order chi connectivity index (χ0) is 14.8. The largest absolute Gasteiger partial charge is 0.361 e. The average molecular weight is 286 g/mol. The molecule has 1 heterocycles. The van der Waals surface area contributed by atoms with Crippen molar-refractivity contribution in [1.82, 2.24) is 4.98 Å². The van der Waals surface area contributed by atoms with E-state index in [4.69, 9.17) is 0 Å². The van der Waals surface area contributed by atoms with E-state index in [9.17, 15) is 13.6 Å². The lowest BCUT2D eigenvalue weighted by molar-refractivity contribution is -0.115. The molecular formula is C16H12F2N2O. The first-order chi connectivity index (χ1) is 10.1. The molecule has 0 saturated carbocycles. The Balaban J connectivity index is 1.75. The molecule has 1 amide bonds. The van der Waals surface area contributed by atoms with Gasteiger partial charge >= 0.3 is 0 Å². The minimum Gasteiger partial charge on any atom is -0.361 e. The summed E-state index contributed by atoms with van der Waals surface area (Å²) in [5.41, 5.74) is 1.57. The van der Waals surface area contributed by atoms with Gasteiger partial charge in [-0.1, -0.05) is 12.1 Å². The molecule has 0 unspecified atom stereocenters. The van der Waals surface area contributed by atoms with Crippen LogP contribution in [0, 0.1) is 11.6 Å². The Hall–Kier alpha value is -2.69. The zero-order valence-electron chi connectivity index (χ0n) is 11.0. The Morgan fingerprint density at radius 1 is 1.10 bits per heavy atom. The second kappa shape index (κ2) is 5.36. The van der Waals surface area contributed by atoms with E-state index in [-0.39, 0.29) is 12.1 Å². The number of aromatic nitrogens is 1. The molecule has 5 heteroatoms. The lowest BCUT2D eigenvalue weighted by Gasteiger charge is -2.07. The van der Waals surface area contributed by atoms with Crippen molar-refractivity contribution in [1.29, 1.82) is 0 Å². The van der Waals surface area contributed by atoms with Gasteiger partial charge in [-0.15, -0.1) is 0 Å². The molecule has 0 aliphatic carbocycles. The molecule has 21 heavy (non-hydrogen) atoms. The minimum absolute atomic E-state index is 0.0882. The van der Waals surface area contributed by atoms with Gasteiger partial charge in [0.05, 0.1) is 12.1 Å². The van der Waals surface area contributed by atoms with Crippen LogP contribution >= 0.6 is 0 Å². The van der Waals surface area contributed by atoms with Crippen molar-refractivity contribution >= 4 is 22.5 Å². The standard InChI is InChI=1S/C16H12F2N2O/c17-12-3-4-13(18)15(9-12)20-16(21)8-10-1-2-11-5-6-19-14(11)7-10/h1-7,9,19H,8H2,(H,20,21). The van der Waals surface area contributed by atoms with E-state index < -0.39 is 17.5 Å². The Labute approximate surface area is 119 Å². The van der Waals surface area contributed by atoms with Crippen LogP contribution in [-0.2, 0) is 11.2 Å². The van der Waals surface area contributed by atoms with Crippen LogP contribution < -0.4 is 5.32 Å². The van der Waals surface area contributed by atoms with E-state index >= 15 is 0 Å². The third-order valence-electron chi connectivity index (χ3n) is 3.19. The van der Waals surface area contributed by atoms with Crippen LogP contribution in [0.4, 0.5) is 14.5 Å². The first kappa shape index (κ1) is 13.3. The van der Waals surface area contributed by atoms with Gasteiger partial charge in [-0.2, -0.15) is 0 Å².